The van der Waals surface area contributed by atoms with Crippen LogP contribution in [0.2, 0.25) is 0 Å². The van der Waals surface area contributed by atoms with Gasteiger partial charge >= 0.3 is 5.69 Å². The van der Waals surface area contributed by atoms with Gasteiger partial charge in [0.2, 0.25) is 0 Å². The number of carbonyl (C=O) groups excluding carboxylic acids is 1. The van der Waals surface area contributed by atoms with Gasteiger partial charge in [0, 0.05) is 13.0 Å². The Hall–Kier alpha value is -4.12. The summed E-state index contributed by atoms with van der Waals surface area (Å²) in [5, 5.41) is 2.86. The third-order valence-electron chi connectivity index (χ3n) is 5.46. The lowest BCUT2D eigenvalue weighted by atomic mass is 10.1. The van der Waals surface area contributed by atoms with Gasteiger partial charge in [-0.05, 0) is 35.4 Å². The highest BCUT2D eigenvalue weighted by atomic mass is 32.1. The number of methoxy groups -OCH3 is 2. The zero-order valence-corrected chi connectivity index (χ0v) is 19.2. The van der Waals surface area contributed by atoms with E-state index in [0.29, 0.717) is 23.8 Å². The van der Waals surface area contributed by atoms with E-state index in [4.69, 9.17) is 14.2 Å². The van der Waals surface area contributed by atoms with E-state index in [2.05, 4.69) is 15.3 Å². The number of nitrogens with one attached hydrogen (secondary N) is 2. The van der Waals surface area contributed by atoms with Crippen molar-refractivity contribution >= 4 is 27.5 Å². The van der Waals surface area contributed by atoms with Crippen molar-refractivity contribution in [3.63, 3.8) is 0 Å². The molecule has 1 aromatic carbocycles. The van der Waals surface area contributed by atoms with Crippen molar-refractivity contribution in [1.82, 2.24) is 19.9 Å². The number of amides is 1. The van der Waals surface area contributed by atoms with Crippen molar-refractivity contribution in [3.05, 3.63) is 73.2 Å². The summed E-state index contributed by atoms with van der Waals surface area (Å²) in [6.07, 6.45) is 0.849. The number of carbonyl (C=O) groups is 1. The van der Waals surface area contributed by atoms with Crippen LogP contribution in [0.5, 0.6) is 17.4 Å². The second-order valence-corrected chi connectivity index (χ2v) is 8.58. The lowest BCUT2D eigenvalue weighted by Gasteiger charge is -2.09. The fraction of sp³-hybridized carbons (Fsp3) is 0.217. The average molecular weight is 481 g/mol. The molecule has 0 saturated heterocycles. The smallest absolute Gasteiger partial charge is 0.334 e. The Labute approximate surface area is 196 Å². The number of nitrogens with zero attached hydrogens (tertiary/aromatic N) is 2. The molecule has 0 aliphatic carbocycles. The molecule has 1 aliphatic rings. The Balaban J connectivity index is 1.43. The van der Waals surface area contributed by atoms with Crippen molar-refractivity contribution in [2.75, 3.05) is 20.8 Å². The number of hydrogen-bond acceptors (Lipinski definition) is 8. The molecule has 0 bridgehead atoms. The molecule has 34 heavy (non-hydrogen) atoms. The third kappa shape index (κ3) is 3.79. The van der Waals surface area contributed by atoms with Crippen LogP contribution >= 0.6 is 11.3 Å². The summed E-state index contributed by atoms with van der Waals surface area (Å²) in [6.45, 7) is 0.998. The number of aromatic amines is 1. The highest BCUT2D eigenvalue weighted by molar-refractivity contribution is 7.20. The van der Waals surface area contributed by atoms with Gasteiger partial charge in [-0.3, -0.25) is 9.59 Å². The van der Waals surface area contributed by atoms with E-state index in [0.717, 1.165) is 39.2 Å². The molecule has 5 rings (SSSR count). The van der Waals surface area contributed by atoms with E-state index >= 15 is 0 Å². The fourth-order valence-corrected chi connectivity index (χ4v) is 4.75. The summed E-state index contributed by atoms with van der Waals surface area (Å²) in [6, 6.07) is 10.4. The molecule has 174 valence electrons. The largest absolute Gasteiger partial charge is 0.493 e. The maximum Gasteiger partial charge on any atom is 0.334 e. The van der Waals surface area contributed by atoms with Gasteiger partial charge in [0.05, 0.1) is 31.2 Å². The molecule has 1 amide bonds. The van der Waals surface area contributed by atoms with Gasteiger partial charge in [-0.1, -0.05) is 12.1 Å². The van der Waals surface area contributed by atoms with E-state index in [1.807, 2.05) is 18.2 Å². The molecular formula is C23H20N4O6S. The minimum atomic E-state index is -0.678. The zero-order valence-electron chi connectivity index (χ0n) is 18.3. The van der Waals surface area contributed by atoms with Crippen LogP contribution in [0.4, 0.5) is 0 Å². The van der Waals surface area contributed by atoms with E-state index in [1.165, 1.54) is 26.4 Å². The summed E-state index contributed by atoms with van der Waals surface area (Å²) in [5.74, 6) is 1.11. The SMILES string of the molecule is COc1ccc(-n2c(=O)[nH]c3cc(C(=O)NCc4ccc5c(c4)CCO5)sc3c2=O)nc1OC. The summed E-state index contributed by atoms with van der Waals surface area (Å²) in [7, 11) is 2.87. The van der Waals surface area contributed by atoms with Crippen LogP contribution in [-0.4, -0.2) is 41.3 Å². The summed E-state index contributed by atoms with van der Waals surface area (Å²) >= 11 is 1.00. The first kappa shape index (κ1) is 21.7. The molecule has 4 aromatic rings. The predicted octanol–water partition coefficient (Wildman–Crippen LogP) is 2.02. The minimum absolute atomic E-state index is 0.0748. The molecule has 0 saturated carbocycles. The van der Waals surface area contributed by atoms with E-state index < -0.39 is 11.2 Å². The molecule has 0 fully saturated rings. The monoisotopic (exact) mass is 480 g/mol. The zero-order chi connectivity index (χ0) is 23.8. The summed E-state index contributed by atoms with van der Waals surface area (Å²) in [5.41, 5.74) is 1.10. The highest BCUT2D eigenvalue weighted by Crippen LogP contribution is 2.27. The topological polar surface area (TPSA) is 125 Å². The molecule has 0 spiro atoms. The Morgan fingerprint density at radius 3 is 2.85 bits per heavy atom. The van der Waals surface area contributed by atoms with Crippen molar-refractivity contribution in [3.8, 4) is 23.2 Å². The predicted molar refractivity (Wildman–Crippen MR) is 126 cm³/mol. The number of benzene rings is 1. The van der Waals surface area contributed by atoms with Gasteiger partial charge in [0.1, 0.15) is 16.3 Å². The van der Waals surface area contributed by atoms with Crippen LogP contribution in [0.3, 0.4) is 0 Å². The molecule has 0 unspecified atom stereocenters. The Morgan fingerprint density at radius 1 is 1.21 bits per heavy atom. The van der Waals surface area contributed by atoms with Crippen LogP contribution in [-0.2, 0) is 13.0 Å². The summed E-state index contributed by atoms with van der Waals surface area (Å²) in [4.78, 5) is 45.7. The van der Waals surface area contributed by atoms with Gasteiger partial charge < -0.3 is 24.5 Å². The number of aromatic nitrogens is 3. The summed E-state index contributed by atoms with van der Waals surface area (Å²) < 4.78 is 17.0. The highest BCUT2D eigenvalue weighted by Gasteiger charge is 2.19. The second kappa shape index (κ2) is 8.67. The number of rotatable bonds is 6. The minimum Gasteiger partial charge on any atom is -0.493 e. The lowest BCUT2D eigenvalue weighted by Crippen LogP contribution is -2.33. The first-order chi connectivity index (χ1) is 16.5. The Morgan fingerprint density at radius 2 is 2.06 bits per heavy atom. The molecule has 3 aromatic heterocycles. The Bertz CT molecular complexity index is 1540. The van der Waals surface area contributed by atoms with Gasteiger partial charge in [-0.25, -0.2) is 9.36 Å². The molecule has 2 N–H and O–H groups in total. The van der Waals surface area contributed by atoms with Gasteiger partial charge in [0.15, 0.2) is 5.75 Å². The molecule has 11 heteroatoms. The quantitative estimate of drug-likeness (QED) is 0.433. The lowest BCUT2D eigenvalue weighted by molar-refractivity contribution is 0.0955. The first-order valence-corrected chi connectivity index (χ1v) is 11.2. The van der Waals surface area contributed by atoms with E-state index in [9.17, 15) is 14.4 Å². The van der Waals surface area contributed by atoms with Crippen LogP contribution < -0.4 is 30.8 Å². The number of thiophene rings is 1. The fourth-order valence-electron chi connectivity index (χ4n) is 3.79. The standard InChI is InChI=1S/C23H20N4O6S/c1-31-16-5-6-18(26-21(16)32-2)27-22(29)19-14(25-23(27)30)10-17(34-19)20(28)24-11-12-3-4-15-13(9-12)7-8-33-15/h3-6,9-10H,7-8,11H2,1-2H3,(H,24,28)(H,25,30). The van der Waals surface area contributed by atoms with Crippen molar-refractivity contribution in [1.29, 1.82) is 0 Å². The van der Waals surface area contributed by atoms with E-state index in [-0.39, 0.29) is 27.8 Å². The number of ether oxygens (including phenoxy) is 3. The van der Waals surface area contributed by atoms with Crippen LogP contribution in [0.1, 0.15) is 20.8 Å². The molecule has 1 aliphatic heterocycles. The van der Waals surface area contributed by atoms with Crippen LogP contribution in [0, 0.1) is 0 Å². The number of fused-ring (bicyclic) bond motifs is 2. The second-order valence-electron chi connectivity index (χ2n) is 7.53. The van der Waals surface area contributed by atoms with Gasteiger partial charge in [0.25, 0.3) is 17.3 Å². The molecule has 0 radical (unpaired) electrons. The molecule has 0 atom stereocenters. The van der Waals surface area contributed by atoms with Gasteiger partial charge in [-0.15, -0.1) is 11.3 Å². The maximum absolute atomic E-state index is 13.1. The van der Waals surface area contributed by atoms with Crippen molar-refractivity contribution < 1.29 is 19.0 Å². The maximum atomic E-state index is 13.1. The number of hydrogen-bond donors (Lipinski definition) is 2. The van der Waals surface area contributed by atoms with E-state index in [1.54, 1.807) is 6.07 Å². The normalized spacial score (nSPS) is 12.3. The molecule has 4 heterocycles. The van der Waals surface area contributed by atoms with Crippen LogP contribution in [0.15, 0.2) is 46.0 Å². The van der Waals surface area contributed by atoms with Crippen LogP contribution in [0.25, 0.3) is 16.0 Å². The first-order valence-electron chi connectivity index (χ1n) is 10.4. The number of H-pyrrole nitrogens is 1. The third-order valence-corrected chi connectivity index (χ3v) is 6.58. The molecule has 10 nitrogen and oxygen atoms in total. The Kier molecular flexibility index (Phi) is 5.54. The van der Waals surface area contributed by atoms with Crippen molar-refractivity contribution in [2.24, 2.45) is 0 Å². The number of pyridine rings is 1. The van der Waals surface area contributed by atoms with Crippen molar-refractivity contribution in [2.45, 2.75) is 13.0 Å². The average Bonchev–Trinajstić information content (AvgIpc) is 3.49. The molecular weight excluding hydrogens is 460 g/mol. The van der Waals surface area contributed by atoms with Gasteiger partial charge in [-0.2, -0.15) is 4.98 Å².